The van der Waals surface area contributed by atoms with Crippen molar-refractivity contribution in [3.05, 3.63) is 122 Å². The zero-order chi connectivity index (χ0) is 45.9. The summed E-state index contributed by atoms with van der Waals surface area (Å²) in [5, 5.41) is 47.5. The standard InChI is InChI=1S/C48H59N5O12/c1-3-21-51(47(56)64-37-17-15-36(16-18-37)53(59)60)44-31-42(49-63-32-33-11-13-35(14-12-33)52(57)58)40-29-34(9-5-7-25-54)39(10-6-8-26-55)45-41-30-38(61-28-24-50-22-23-50)19-20-43(41)65-48(44,46(40)45)62-27-4-2/h4,11-20,29-30,34,39,44-46,54-55H,2-3,5-10,21-28,31-32H2,1H3/t34-,39+,44-,45+,46+,48+/m0/s1. The van der Waals surface area contributed by atoms with E-state index in [1.165, 1.54) is 36.4 Å². The van der Waals surface area contributed by atoms with Gasteiger partial charge in [0.25, 0.3) is 11.4 Å². The molecule has 348 valence electrons. The van der Waals surface area contributed by atoms with Crippen molar-refractivity contribution in [3.8, 4) is 17.2 Å². The van der Waals surface area contributed by atoms with E-state index in [0.29, 0.717) is 48.6 Å². The molecule has 2 fully saturated rings. The maximum atomic E-state index is 14.7. The molecule has 7 rings (SSSR count). The second-order valence-corrected chi connectivity index (χ2v) is 17.0. The lowest BCUT2D eigenvalue weighted by Gasteiger charge is -2.59. The summed E-state index contributed by atoms with van der Waals surface area (Å²) in [7, 11) is 0. The van der Waals surface area contributed by atoms with Crippen LogP contribution in [0.5, 0.6) is 17.2 Å². The molecule has 65 heavy (non-hydrogen) atoms. The summed E-state index contributed by atoms with van der Waals surface area (Å²) in [5.41, 5.74) is 2.79. The number of unbranched alkanes of at least 4 members (excludes halogenated alkanes) is 2. The number of hydrogen-bond acceptors (Lipinski definition) is 14. The largest absolute Gasteiger partial charge is 0.492 e. The van der Waals surface area contributed by atoms with Crippen molar-refractivity contribution >= 4 is 23.2 Å². The molecule has 0 radical (unpaired) electrons. The van der Waals surface area contributed by atoms with E-state index in [-0.39, 0.29) is 74.3 Å². The van der Waals surface area contributed by atoms with Gasteiger partial charge in [-0.3, -0.25) is 30.0 Å². The molecule has 3 aromatic rings. The van der Waals surface area contributed by atoms with Crippen LogP contribution >= 0.6 is 0 Å². The number of allylic oxidation sites excluding steroid dienone is 1. The molecule has 1 saturated heterocycles. The highest BCUT2D eigenvalue weighted by Gasteiger charge is 2.65. The number of aliphatic hydroxyl groups excluding tert-OH is 2. The Balaban J connectivity index is 1.38. The number of amides is 1. The van der Waals surface area contributed by atoms with Crippen molar-refractivity contribution < 1.29 is 48.6 Å². The van der Waals surface area contributed by atoms with Crippen LogP contribution in [0.25, 0.3) is 0 Å². The fourth-order valence-corrected chi connectivity index (χ4v) is 9.63. The maximum Gasteiger partial charge on any atom is 0.415 e. The molecule has 1 saturated carbocycles. The first-order valence-electron chi connectivity index (χ1n) is 22.6. The molecule has 0 bridgehead atoms. The Morgan fingerprint density at radius 2 is 1.65 bits per heavy atom. The number of fused-ring (bicyclic) bond motifs is 2. The number of carbonyl (C=O) groups excluding carboxylic acids is 1. The van der Waals surface area contributed by atoms with Crippen LogP contribution in [0.2, 0.25) is 0 Å². The zero-order valence-electron chi connectivity index (χ0n) is 36.8. The van der Waals surface area contributed by atoms with Crippen molar-refractivity contribution in [1.82, 2.24) is 9.80 Å². The van der Waals surface area contributed by atoms with Gasteiger partial charge in [-0.1, -0.05) is 37.1 Å². The number of nitro benzene ring substituents is 2. The minimum Gasteiger partial charge on any atom is -0.492 e. The molecule has 0 spiro atoms. The number of hydrogen-bond donors (Lipinski definition) is 2. The normalized spacial score (nSPS) is 23.6. The fourth-order valence-electron chi connectivity index (χ4n) is 9.63. The van der Waals surface area contributed by atoms with Crippen LogP contribution < -0.4 is 14.2 Å². The number of benzene rings is 3. The van der Waals surface area contributed by atoms with Crippen LogP contribution in [0.15, 0.2) is 96.2 Å². The van der Waals surface area contributed by atoms with Gasteiger partial charge in [0.05, 0.1) is 28.1 Å². The predicted octanol–water partition coefficient (Wildman–Crippen LogP) is 7.94. The summed E-state index contributed by atoms with van der Waals surface area (Å²) in [6.45, 7) is 9.77. The van der Waals surface area contributed by atoms with E-state index in [9.17, 15) is 35.2 Å². The van der Waals surface area contributed by atoms with E-state index >= 15 is 0 Å². The van der Waals surface area contributed by atoms with Gasteiger partial charge in [-0.25, -0.2) is 4.79 Å². The Kier molecular flexibility index (Phi) is 15.8. The molecule has 0 unspecified atom stereocenters. The second kappa shape index (κ2) is 21.9. The Hall–Kier alpha value is -5.88. The molecule has 2 N–H and O–H groups in total. The van der Waals surface area contributed by atoms with E-state index in [1.54, 1.807) is 23.1 Å². The molecule has 0 aromatic heterocycles. The molecule has 17 nitrogen and oxygen atoms in total. The summed E-state index contributed by atoms with van der Waals surface area (Å²) in [5.74, 6) is -1.02. The number of ether oxygens (including phenoxy) is 4. The molecule has 2 aliphatic carbocycles. The Bertz CT molecular complexity index is 2200. The number of aliphatic hydroxyl groups is 2. The van der Waals surface area contributed by atoms with E-state index in [0.717, 1.165) is 56.5 Å². The van der Waals surface area contributed by atoms with Gasteiger partial charge < -0.3 is 34.0 Å². The summed E-state index contributed by atoms with van der Waals surface area (Å²) in [6.07, 6.45) is 8.07. The Morgan fingerprint density at radius 1 is 0.969 bits per heavy atom. The lowest BCUT2D eigenvalue weighted by molar-refractivity contribution is -0.385. The van der Waals surface area contributed by atoms with Crippen LogP contribution in [0, 0.1) is 38.0 Å². The van der Waals surface area contributed by atoms with Crippen molar-refractivity contribution in [3.63, 3.8) is 0 Å². The van der Waals surface area contributed by atoms with Gasteiger partial charge in [0.2, 0.25) is 5.79 Å². The fraction of sp³-hybridized carbons (Fsp3) is 0.500. The molecule has 2 heterocycles. The van der Waals surface area contributed by atoms with E-state index in [1.807, 2.05) is 19.1 Å². The molecule has 6 atom stereocenters. The quantitative estimate of drug-likeness (QED) is 0.0288. The third kappa shape index (κ3) is 11.0. The van der Waals surface area contributed by atoms with Crippen LogP contribution in [-0.2, 0) is 16.2 Å². The number of oxime groups is 1. The van der Waals surface area contributed by atoms with Crippen LogP contribution in [0.1, 0.15) is 75.3 Å². The van der Waals surface area contributed by atoms with Gasteiger partial charge >= 0.3 is 6.09 Å². The maximum absolute atomic E-state index is 14.7. The first-order valence-corrected chi connectivity index (χ1v) is 22.6. The molecule has 4 aliphatic rings. The summed E-state index contributed by atoms with van der Waals surface area (Å²) in [6, 6.07) is 16.3. The molecule has 1 amide bonds. The highest BCUT2D eigenvalue weighted by Crippen LogP contribution is 2.62. The van der Waals surface area contributed by atoms with Crippen LogP contribution in [-0.4, -0.2) is 106 Å². The van der Waals surface area contributed by atoms with Gasteiger partial charge in [-0.2, -0.15) is 0 Å². The van der Waals surface area contributed by atoms with E-state index in [2.05, 4.69) is 23.6 Å². The average Bonchev–Trinajstić information content (AvgIpc) is 4.14. The van der Waals surface area contributed by atoms with Gasteiger partial charge in [0, 0.05) is 81.6 Å². The van der Waals surface area contributed by atoms with Crippen molar-refractivity contribution in [1.29, 1.82) is 0 Å². The third-order valence-electron chi connectivity index (χ3n) is 12.7. The highest BCUT2D eigenvalue weighted by molar-refractivity contribution is 6.03. The van der Waals surface area contributed by atoms with Crippen molar-refractivity contribution in [2.45, 2.75) is 82.6 Å². The topological polar surface area (TPSA) is 209 Å². The molecule has 2 aliphatic heterocycles. The smallest absolute Gasteiger partial charge is 0.415 e. The zero-order valence-corrected chi connectivity index (χ0v) is 36.8. The monoisotopic (exact) mass is 897 g/mol. The van der Waals surface area contributed by atoms with Gasteiger partial charge in [-0.05, 0) is 97.5 Å². The first-order chi connectivity index (χ1) is 31.6. The number of nitro groups is 2. The molecular weight excluding hydrogens is 839 g/mol. The predicted molar refractivity (Wildman–Crippen MR) is 241 cm³/mol. The lowest BCUT2D eigenvalue weighted by atomic mass is 9.55. The first kappa shape index (κ1) is 47.1. The van der Waals surface area contributed by atoms with Crippen LogP contribution in [0.4, 0.5) is 16.2 Å². The van der Waals surface area contributed by atoms with Crippen LogP contribution in [0.3, 0.4) is 0 Å². The number of carbonyl (C=O) groups is 1. The molecular formula is C48H59N5O12. The van der Waals surface area contributed by atoms with Crippen molar-refractivity contribution in [2.75, 3.05) is 52.6 Å². The highest BCUT2D eigenvalue weighted by atomic mass is 16.7. The van der Waals surface area contributed by atoms with Gasteiger partial charge in [0.15, 0.2) is 0 Å². The summed E-state index contributed by atoms with van der Waals surface area (Å²) >= 11 is 0. The van der Waals surface area contributed by atoms with E-state index < -0.39 is 33.7 Å². The number of rotatable bonds is 24. The molecule has 3 aromatic carbocycles. The van der Waals surface area contributed by atoms with Gasteiger partial charge in [-0.15, -0.1) is 6.58 Å². The minimum atomic E-state index is -1.54. The molecule has 17 heteroatoms. The minimum absolute atomic E-state index is 0.00191. The van der Waals surface area contributed by atoms with E-state index in [4.69, 9.17) is 28.9 Å². The lowest BCUT2D eigenvalue weighted by Crippen LogP contribution is -2.70. The Labute approximate surface area is 378 Å². The third-order valence-corrected chi connectivity index (χ3v) is 12.7. The SMILES string of the molecule is C=CCO[C@@]12Oc3ccc(OCCN4CC4)cc3[C@H]3[C@H](CCCCO)[C@@H](CCCCO)C=C(C(=NOCc4ccc([N+](=O)[O-])cc4)C[C@@H]1N(CCC)C(=O)Oc1ccc([N+](=O)[O-])cc1)[C@H]32. The summed E-state index contributed by atoms with van der Waals surface area (Å²) < 4.78 is 26.6. The number of nitrogens with zero attached hydrogens (tertiary/aromatic N) is 5. The number of non-ortho nitro benzene ring substituents is 2. The summed E-state index contributed by atoms with van der Waals surface area (Å²) in [4.78, 5) is 46.5. The average molecular weight is 898 g/mol. The second-order valence-electron chi connectivity index (χ2n) is 17.0. The van der Waals surface area contributed by atoms with Crippen molar-refractivity contribution in [2.24, 2.45) is 22.9 Å². The Morgan fingerprint density at radius 3 is 2.29 bits per heavy atom. The van der Waals surface area contributed by atoms with Gasteiger partial charge in [0.1, 0.15) is 36.5 Å².